The zero-order valence-electron chi connectivity index (χ0n) is 10.2. The first-order valence-corrected chi connectivity index (χ1v) is 6.30. The van der Waals surface area contributed by atoms with Crippen molar-refractivity contribution < 1.29 is 14.6 Å². The minimum absolute atomic E-state index is 0.0641. The molecule has 0 amide bonds. The van der Waals surface area contributed by atoms with E-state index in [1.807, 2.05) is 12.1 Å². The lowest BCUT2D eigenvalue weighted by molar-refractivity contribution is 0.0599. The van der Waals surface area contributed by atoms with Gasteiger partial charge < -0.3 is 9.84 Å². The van der Waals surface area contributed by atoms with Gasteiger partial charge in [0.25, 0.3) is 0 Å². The molecule has 0 fully saturated rings. The molecule has 3 nitrogen and oxygen atoms in total. The highest BCUT2D eigenvalue weighted by atomic mass is 79.9. The average molecular weight is 301 g/mol. The number of esters is 1. The summed E-state index contributed by atoms with van der Waals surface area (Å²) in [4.78, 5) is 11.3. The van der Waals surface area contributed by atoms with E-state index >= 15 is 0 Å². The first-order chi connectivity index (χ1) is 7.83. The fourth-order valence-corrected chi connectivity index (χ4v) is 2.60. The van der Waals surface area contributed by atoms with E-state index in [0.717, 1.165) is 5.56 Å². The number of aliphatic hydroxyl groups is 1. The van der Waals surface area contributed by atoms with Gasteiger partial charge in [0.2, 0.25) is 0 Å². The quantitative estimate of drug-likeness (QED) is 0.687. The van der Waals surface area contributed by atoms with Crippen molar-refractivity contribution >= 4 is 21.9 Å². The lowest BCUT2D eigenvalue weighted by Crippen LogP contribution is -2.20. The molecule has 1 aromatic carbocycles. The van der Waals surface area contributed by atoms with E-state index in [9.17, 15) is 9.90 Å². The summed E-state index contributed by atoms with van der Waals surface area (Å²) in [5.41, 5.74) is 0.828. The highest BCUT2D eigenvalue weighted by Gasteiger charge is 2.19. The van der Waals surface area contributed by atoms with Crippen LogP contribution in [0.3, 0.4) is 0 Å². The first-order valence-electron chi connectivity index (χ1n) is 5.38. The summed E-state index contributed by atoms with van der Waals surface area (Å²) in [7, 11) is 1.36. The third-order valence-electron chi connectivity index (χ3n) is 2.37. The topological polar surface area (TPSA) is 46.5 Å². The second kappa shape index (κ2) is 5.65. The molecule has 0 aliphatic rings. The second-order valence-electron chi connectivity index (χ2n) is 4.60. The normalized spacial score (nSPS) is 13.2. The number of carbonyl (C=O) groups is 1. The minimum Gasteiger partial charge on any atom is -0.465 e. The minimum atomic E-state index is -0.727. The van der Waals surface area contributed by atoms with Gasteiger partial charge in [0.1, 0.15) is 0 Å². The first kappa shape index (κ1) is 14.2. The van der Waals surface area contributed by atoms with Crippen LogP contribution in [-0.2, 0) is 4.74 Å². The Kier molecular flexibility index (Phi) is 4.71. The van der Waals surface area contributed by atoms with Crippen LogP contribution in [0.5, 0.6) is 0 Å². The fraction of sp³-hybridized carbons (Fsp3) is 0.462. The molecule has 1 unspecified atom stereocenters. The summed E-state index contributed by atoms with van der Waals surface area (Å²) in [5, 5.41) is 9.73. The van der Waals surface area contributed by atoms with Gasteiger partial charge in [-0.05, 0) is 38.0 Å². The maximum Gasteiger partial charge on any atom is 0.337 e. The van der Waals surface area contributed by atoms with Crippen LogP contribution in [0.2, 0.25) is 0 Å². The van der Waals surface area contributed by atoms with Crippen molar-refractivity contribution in [3.05, 3.63) is 35.4 Å². The zero-order valence-corrected chi connectivity index (χ0v) is 11.8. The van der Waals surface area contributed by atoms with Crippen LogP contribution in [0, 0.1) is 0 Å². The zero-order chi connectivity index (χ0) is 13.1. The molecule has 94 valence electrons. The third kappa shape index (κ3) is 4.48. The molecule has 0 spiro atoms. The Morgan fingerprint density at radius 1 is 1.41 bits per heavy atom. The van der Waals surface area contributed by atoms with E-state index in [0.29, 0.717) is 12.0 Å². The van der Waals surface area contributed by atoms with Gasteiger partial charge >= 0.3 is 5.97 Å². The number of benzene rings is 1. The van der Waals surface area contributed by atoms with Crippen molar-refractivity contribution in [1.29, 1.82) is 0 Å². The lowest BCUT2D eigenvalue weighted by Gasteiger charge is -2.21. The van der Waals surface area contributed by atoms with Crippen LogP contribution in [0.15, 0.2) is 24.3 Å². The van der Waals surface area contributed by atoms with E-state index < -0.39 is 5.60 Å². The maximum absolute atomic E-state index is 11.2. The molecule has 1 aromatic rings. The van der Waals surface area contributed by atoms with Crippen LogP contribution >= 0.6 is 15.9 Å². The van der Waals surface area contributed by atoms with Gasteiger partial charge in [-0.3, -0.25) is 0 Å². The average Bonchev–Trinajstić information content (AvgIpc) is 2.26. The van der Waals surface area contributed by atoms with Crippen molar-refractivity contribution in [3.63, 3.8) is 0 Å². The highest BCUT2D eigenvalue weighted by Crippen LogP contribution is 2.31. The fourth-order valence-electron chi connectivity index (χ4n) is 1.50. The molecule has 1 N–H and O–H groups in total. The van der Waals surface area contributed by atoms with Crippen LogP contribution in [0.25, 0.3) is 0 Å². The molecule has 1 rings (SSSR count). The molecule has 1 atom stereocenters. The molecular formula is C13H17BrO3. The molecule has 0 aliphatic heterocycles. The summed E-state index contributed by atoms with van der Waals surface area (Å²) in [6, 6.07) is 7.16. The SMILES string of the molecule is COC(=O)c1ccc(C(Br)CC(C)(C)O)cc1. The molecule has 0 saturated heterocycles. The summed E-state index contributed by atoms with van der Waals surface area (Å²) in [6.07, 6.45) is 0.602. The van der Waals surface area contributed by atoms with Crippen molar-refractivity contribution in [2.24, 2.45) is 0 Å². The Balaban J connectivity index is 2.77. The van der Waals surface area contributed by atoms with Crippen molar-refractivity contribution in [2.75, 3.05) is 7.11 Å². The smallest absolute Gasteiger partial charge is 0.337 e. The van der Waals surface area contributed by atoms with Gasteiger partial charge in [0.05, 0.1) is 18.3 Å². The van der Waals surface area contributed by atoms with Gasteiger partial charge in [0.15, 0.2) is 0 Å². The van der Waals surface area contributed by atoms with E-state index in [1.165, 1.54) is 7.11 Å². The van der Waals surface area contributed by atoms with Crippen LogP contribution in [0.1, 0.15) is 41.0 Å². The van der Waals surface area contributed by atoms with E-state index in [-0.39, 0.29) is 10.8 Å². The number of carbonyl (C=O) groups excluding carboxylic acids is 1. The number of alkyl halides is 1. The molecule has 0 heterocycles. The standard InChI is InChI=1S/C13H17BrO3/c1-13(2,16)8-11(14)9-4-6-10(7-5-9)12(15)17-3/h4-7,11,16H,8H2,1-3H3. The summed E-state index contributed by atoms with van der Waals surface area (Å²) in [5.74, 6) is -0.342. The van der Waals surface area contributed by atoms with Gasteiger partial charge in [-0.15, -0.1) is 0 Å². The molecule has 0 aliphatic carbocycles. The highest BCUT2D eigenvalue weighted by molar-refractivity contribution is 9.09. The van der Waals surface area contributed by atoms with E-state index in [4.69, 9.17) is 0 Å². The number of methoxy groups -OCH3 is 1. The summed E-state index contributed by atoms with van der Waals surface area (Å²) >= 11 is 3.52. The summed E-state index contributed by atoms with van der Waals surface area (Å²) < 4.78 is 4.63. The van der Waals surface area contributed by atoms with Crippen LogP contribution < -0.4 is 0 Å². The van der Waals surface area contributed by atoms with Crippen LogP contribution in [-0.4, -0.2) is 23.8 Å². The van der Waals surface area contributed by atoms with Crippen LogP contribution in [0.4, 0.5) is 0 Å². The number of ether oxygens (including phenoxy) is 1. The van der Waals surface area contributed by atoms with Gasteiger partial charge in [-0.1, -0.05) is 28.1 Å². The summed E-state index contributed by atoms with van der Waals surface area (Å²) in [6.45, 7) is 3.54. The molecule has 0 saturated carbocycles. The Hall–Kier alpha value is -0.870. The molecule has 4 heteroatoms. The van der Waals surface area contributed by atoms with Crippen molar-refractivity contribution in [2.45, 2.75) is 30.7 Å². The molecule has 0 radical (unpaired) electrons. The molecule has 0 aromatic heterocycles. The Morgan fingerprint density at radius 2 is 1.94 bits per heavy atom. The Labute approximate surface area is 110 Å². The van der Waals surface area contributed by atoms with Gasteiger partial charge in [0, 0.05) is 4.83 Å². The molecular weight excluding hydrogens is 284 g/mol. The van der Waals surface area contributed by atoms with Gasteiger partial charge in [-0.25, -0.2) is 4.79 Å². The molecule has 0 bridgehead atoms. The number of hydrogen-bond donors (Lipinski definition) is 1. The van der Waals surface area contributed by atoms with Crippen molar-refractivity contribution in [1.82, 2.24) is 0 Å². The molecule has 17 heavy (non-hydrogen) atoms. The Morgan fingerprint density at radius 3 is 2.35 bits per heavy atom. The van der Waals surface area contributed by atoms with E-state index in [1.54, 1.807) is 26.0 Å². The maximum atomic E-state index is 11.2. The second-order valence-corrected chi connectivity index (χ2v) is 5.70. The predicted octanol–water partition coefficient (Wildman–Crippen LogP) is 3.07. The number of halogens is 1. The third-order valence-corrected chi connectivity index (χ3v) is 3.22. The van der Waals surface area contributed by atoms with Gasteiger partial charge in [-0.2, -0.15) is 0 Å². The number of rotatable bonds is 4. The largest absolute Gasteiger partial charge is 0.465 e. The number of hydrogen-bond acceptors (Lipinski definition) is 3. The Bertz CT molecular complexity index is 379. The van der Waals surface area contributed by atoms with Crippen molar-refractivity contribution in [3.8, 4) is 0 Å². The van der Waals surface area contributed by atoms with E-state index in [2.05, 4.69) is 20.7 Å². The predicted molar refractivity (Wildman–Crippen MR) is 70.4 cm³/mol. The lowest BCUT2D eigenvalue weighted by atomic mass is 9.98. The monoisotopic (exact) mass is 300 g/mol.